The molecule has 3 aromatic rings. The van der Waals surface area contributed by atoms with Gasteiger partial charge in [0.05, 0.1) is 0 Å². The van der Waals surface area contributed by atoms with Crippen molar-refractivity contribution in [2.75, 3.05) is 0 Å². The van der Waals surface area contributed by atoms with Crippen molar-refractivity contribution in [2.45, 2.75) is 0 Å². The molecule has 0 atom stereocenters. The van der Waals surface area contributed by atoms with Gasteiger partial charge >= 0.3 is 0 Å². The minimum absolute atomic E-state index is 0.176. The lowest BCUT2D eigenvalue weighted by molar-refractivity contribution is 0.475. The molecule has 0 spiro atoms. The minimum Gasteiger partial charge on any atom is -0.508 e. The largest absolute Gasteiger partial charge is 0.508 e. The first-order valence-corrected chi connectivity index (χ1v) is 6.47. The summed E-state index contributed by atoms with van der Waals surface area (Å²) in [4.78, 5) is 0. The van der Waals surface area contributed by atoms with Crippen LogP contribution in [-0.4, -0.2) is 15.3 Å². The molecule has 4 nitrogen and oxygen atoms in total. The molecule has 0 saturated carbocycles. The molecule has 0 fully saturated rings. The molecule has 6 heteroatoms. The highest BCUT2D eigenvalue weighted by Crippen LogP contribution is 2.29. The standard InChI is InChI=1S/C14H8Cl2N2O2/c15-10-5-9(6-11(16)7-10)14-18-17-13(20-14)8-1-3-12(19)4-2-8/h1-7,19H. The van der Waals surface area contributed by atoms with Crippen molar-refractivity contribution in [1.29, 1.82) is 0 Å². The Hall–Kier alpha value is -2.04. The van der Waals surface area contributed by atoms with E-state index in [9.17, 15) is 5.11 Å². The van der Waals surface area contributed by atoms with E-state index in [1.54, 1.807) is 42.5 Å². The molecule has 2 aromatic carbocycles. The normalized spacial score (nSPS) is 10.7. The number of hydrogen-bond acceptors (Lipinski definition) is 4. The summed E-state index contributed by atoms with van der Waals surface area (Å²) < 4.78 is 5.58. The third-order valence-electron chi connectivity index (χ3n) is 2.65. The quantitative estimate of drug-likeness (QED) is 0.761. The van der Waals surface area contributed by atoms with E-state index in [1.165, 1.54) is 0 Å². The summed E-state index contributed by atoms with van der Waals surface area (Å²) in [7, 11) is 0. The van der Waals surface area contributed by atoms with Crippen molar-refractivity contribution in [3.8, 4) is 28.7 Å². The molecule has 0 aliphatic rings. The lowest BCUT2D eigenvalue weighted by Gasteiger charge is -1.98. The fourth-order valence-electron chi connectivity index (χ4n) is 1.74. The summed E-state index contributed by atoms with van der Waals surface area (Å²) in [6.45, 7) is 0. The molecule has 0 aliphatic carbocycles. The third-order valence-corrected chi connectivity index (χ3v) is 3.09. The molecule has 1 N–H and O–H groups in total. The van der Waals surface area contributed by atoms with Crippen molar-refractivity contribution in [3.05, 3.63) is 52.5 Å². The Morgan fingerprint density at radius 1 is 0.800 bits per heavy atom. The summed E-state index contributed by atoms with van der Waals surface area (Å²) in [5, 5.41) is 18.2. The molecular formula is C14H8Cl2N2O2. The van der Waals surface area contributed by atoms with E-state index >= 15 is 0 Å². The summed E-state index contributed by atoms with van der Waals surface area (Å²) in [6, 6.07) is 11.5. The highest BCUT2D eigenvalue weighted by atomic mass is 35.5. The van der Waals surface area contributed by atoms with E-state index in [1.807, 2.05) is 0 Å². The van der Waals surface area contributed by atoms with Gasteiger partial charge in [0.25, 0.3) is 0 Å². The molecule has 0 saturated heterocycles. The number of aromatic nitrogens is 2. The minimum atomic E-state index is 0.176. The highest BCUT2D eigenvalue weighted by molar-refractivity contribution is 6.35. The maximum Gasteiger partial charge on any atom is 0.248 e. The maximum atomic E-state index is 9.25. The number of phenols is 1. The van der Waals surface area contributed by atoms with Gasteiger partial charge in [-0.3, -0.25) is 0 Å². The predicted octanol–water partition coefficient (Wildman–Crippen LogP) is 4.42. The van der Waals surface area contributed by atoms with E-state index in [0.717, 1.165) is 5.56 Å². The first-order valence-electron chi connectivity index (χ1n) is 5.71. The Morgan fingerprint density at radius 2 is 1.35 bits per heavy atom. The van der Waals surface area contributed by atoms with Crippen LogP contribution in [0.3, 0.4) is 0 Å². The van der Waals surface area contributed by atoms with E-state index < -0.39 is 0 Å². The van der Waals surface area contributed by atoms with Gasteiger partial charge in [-0.2, -0.15) is 0 Å². The van der Waals surface area contributed by atoms with Gasteiger partial charge in [-0.1, -0.05) is 23.2 Å². The van der Waals surface area contributed by atoms with Crippen LogP contribution in [0.25, 0.3) is 22.9 Å². The fourth-order valence-corrected chi connectivity index (χ4v) is 2.26. The van der Waals surface area contributed by atoms with Crippen molar-refractivity contribution in [1.82, 2.24) is 10.2 Å². The van der Waals surface area contributed by atoms with Gasteiger partial charge in [-0.05, 0) is 42.5 Å². The summed E-state index contributed by atoms with van der Waals surface area (Å²) >= 11 is 11.9. The molecule has 0 unspecified atom stereocenters. The molecule has 100 valence electrons. The summed E-state index contributed by atoms with van der Waals surface area (Å²) in [5.41, 5.74) is 1.37. The Balaban J connectivity index is 1.99. The molecule has 0 aliphatic heterocycles. The number of rotatable bonds is 2. The lowest BCUT2D eigenvalue weighted by atomic mass is 10.2. The SMILES string of the molecule is Oc1ccc(-c2nnc(-c3cc(Cl)cc(Cl)c3)o2)cc1. The van der Waals surface area contributed by atoms with Crippen LogP contribution < -0.4 is 0 Å². The number of halogens is 2. The van der Waals surface area contributed by atoms with Gasteiger partial charge in [-0.25, -0.2) is 0 Å². The van der Waals surface area contributed by atoms with Crippen LogP contribution in [0.1, 0.15) is 0 Å². The van der Waals surface area contributed by atoms with Crippen LogP contribution in [0, 0.1) is 0 Å². The molecule has 1 aromatic heterocycles. The second kappa shape index (κ2) is 5.15. The molecule has 0 radical (unpaired) electrons. The number of benzene rings is 2. The molecule has 0 amide bonds. The van der Waals surface area contributed by atoms with Gasteiger partial charge in [-0.15, -0.1) is 10.2 Å². The Bertz CT molecular complexity index is 734. The van der Waals surface area contributed by atoms with Gasteiger partial charge in [0.2, 0.25) is 11.8 Å². The first kappa shape index (κ1) is 13.0. The highest BCUT2D eigenvalue weighted by Gasteiger charge is 2.11. The average molecular weight is 307 g/mol. The van der Waals surface area contributed by atoms with Crippen molar-refractivity contribution in [3.63, 3.8) is 0 Å². The molecular weight excluding hydrogens is 299 g/mol. The second-order valence-corrected chi connectivity index (χ2v) is 4.99. The van der Waals surface area contributed by atoms with E-state index in [4.69, 9.17) is 27.6 Å². The zero-order chi connectivity index (χ0) is 14.1. The number of aromatic hydroxyl groups is 1. The zero-order valence-corrected chi connectivity index (χ0v) is 11.6. The fraction of sp³-hybridized carbons (Fsp3) is 0. The summed E-state index contributed by atoms with van der Waals surface area (Å²) in [6.07, 6.45) is 0. The van der Waals surface area contributed by atoms with E-state index in [0.29, 0.717) is 27.4 Å². The van der Waals surface area contributed by atoms with Gasteiger partial charge < -0.3 is 9.52 Å². The van der Waals surface area contributed by atoms with Crippen LogP contribution in [0.5, 0.6) is 5.75 Å². The Kier molecular flexibility index (Phi) is 3.34. The predicted molar refractivity (Wildman–Crippen MR) is 76.9 cm³/mol. The molecule has 3 rings (SSSR count). The number of hydrogen-bond donors (Lipinski definition) is 1. The molecule has 1 heterocycles. The van der Waals surface area contributed by atoms with Crippen LogP contribution in [-0.2, 0) is 0 Å². The summed E-state index contributed by atoms with van der Waals surface area (Å²) in [5.74, 6) is 0.865. The van der Waals surface area contributed by atoms with Gasteiger partial charge in [0.1, 0.15) is 5.75 Å². The van der Waals surface area contributed by atoms with Crippen molar-refractivity contribution in [2.24, 2.45) is 0 Å². The van der Waals surface area contributed by atoms with E-state index in [-0.39, 0.29) is 5.75 Å². The Morgan fingerprint density at radius 3 is 1.95 bits per heavy atom. The van der Waals surface area contributed by atoms with Gasteiger partial charge in [0, 0.05) is 21.2 Å². The van der Waals surface area contributed by atoms with Crippen LogP contribution >= 0.6 is 23.2 Å². The lowest BCUT2D eigenvalue weighted by Crippen LogP contribution is -1.78. The zero-order valence-electron chi connectivity index (χ0n) is 10.0. The maximum absolute atomic E-state index is 9.25. The van der Waals surface area contributed by atoms with Crippen LogP contribution in [0.15, 0.2) is 46.9 Å². The topological polar surface area (TPSA) is 59.2 Å². The van der Waals surface area contributed by atoms with Crippen molar-refractivity contribution >= 4 is 23.2 Å². The number of nitrogens with zero attached hydrogens (tertiary/aromatic N) is 2. The second-order valence-electron chi connectivity index (χ2n) is 4.12. The molecule has 0 bridgehead atoms. The van der Waals surface area contributed by atoms with Crippen LogP contribution in [0.4, 0.5) is 0 Å². The van der Waals surface area contributed by atoms with Crippen LogP contribution in [0.2, 0.25) is 10.0 Å². The molecule has 20 heavy (non-hydrogen) atoms. The third kappa shape index (κ3) is 2.61. The van der Waals surface area contributed by atoms with Crippen molar-refractivity contribution < 1.29 is 9.52 Å². The van der Waals surface area contributed by atoms with E-state index in [2.05, 4.69) is 10.2 Å². The smallest absolute Gasteiger partial charge is 0.248 e. The average Bonchev–Trinajstić information content (AvgIpc) is 2.88. The Labute approximate surface area is 124 Å². The monoisotopic (exact) mass is 306 g/mol. The first-order chi connectivity index (χ1) is 9.61. The number of phenolic OH excluding ortho intramolecular Hbond substituents is 1. The van der Waals surface area contributed by atoms with Gasteiger partial charge in [0.15, 0.2) is 0 Å².